The molecule has 0 fully saturated rings. The highest BCUT2D eigenvalue weighted by atomic mass is 32.2. The van der Waals surface area contributed by atoms with E-state index in [0.29, 0.717) is 17.3 Å². The molecule has 30 heavy (non-hydrogen) atoms. The first-order valence-electron chi connectivity index (χ1n) is 8.41. The summed E-state index contributed by atoms with van der Waals surface area (Å²) in [6.07, 6.45) is -9.08. The molecule has 0 aliphatic heterocycles. The van der Waals surface area contributed by atoms with E-state index in [1.807, 2.05) is 0 Å². The average molecular weight is 455 g/mol. The quantitative estimate of drug-likeness (QED) is 0.310. The summed E-state index contributed by atoms with van der Waals surface area (Å²) in [5.74, 6) is -3.07. The van der Waals surface area contributed by atoms with Crippen molar-refractivity contribution in [3.05, 3.63) is 58.9 Å². The van der Waals surface area contributed by atoms with Gasteiger partial charge in [-0.3, -0.25) is 0 Å². The van der Waals surface area contributed by atoms with Gasteiger partial charge in [-0.2, -0.15) is 26.3 Å². The van der Waals surface area contributed by atoms with Crippen LogP contribution in [0.3, 0.4) is 0 Å². The van der Waals surface area contributed by atoms with Gasteiger partial charge < -0.3 is 10.1 Å². The Morgan fingerprint density at radius 2 is 1.73 bits per heavy atom. The summed E-state index contributed by atoms with van der Waals surface area (Å²) in [6.45, 7) is -0.446. The predicted molar refractivity (Wildman–Crippen MR) is 98.0 cm³/mol. The molecule has 2 aromatic rings. The van der Waals surface area contributed by atoms with Crippen LogP contribution in [0.4, 0.5) is 36.4 Å². The van der Waals surface area contributed by atoms with Gasteiger partial charge in [-0.25, -0.2) is 9.18 Å². The van der Waals surface area contributed by atoms with Crippen molar-refractivity contribution in [1.29, 1.82) is 0 Å². The van der Waals surface area contributed by atoms with E-state index in [-0.39, 0.29) is 28.3 Å². The lowest BCUT2D eigenvalue weighted by atomic mass is 10.1. The number of hydrogen-bond acceptors (Lipinski definition) is 4. The standard InChI is InChI=1S/C19H16F7NO2S/c1-11-6-14(20)15(7-16(11)30-10-19(24,25)26)27-8-12-4-2-3-5-13(12)17(28)29-9-18(21,22)23/h2-7,27H,8-10H2,1H3. The molecular weight excluding hydrogens is 439 g/mol. The average Bonchev–Trinajstić information content (AvgIpc) is 2.63. The fourth-order valence-corrected chi connectivity index (χ4v) is 3.20. The maximum Gasteiger partial charge on any atom is 0.422 e. The molecule has 0 aliphatic rings. The van der Waals surface area contributed by atoms with Gasteiger partial charge >= 0.3 is 18.3 Å². The first-order chi connectivity index (χ1) is 13.9. The van der Waals surface area contributed by atoms with Crippen LogP contribution in [0.25, 0.3) is 0 Å². The van der Waals surface area contributed by atoms with Crippen LogP contribution in [-0.4, -0.2) is 30.7 Å². The van der Waals surface area contributed by atoms with Crippen LogP contribution < -0.4 is 5.32 Å². The first-order valence-corrected chi connectivity index (χ1v) is 9.39. The van der Waals surface area contributed by atoms with Crippen molar-refractivity contribution in [2.75, 3.05) is 17.7 Å². The molecule has 0 radical (unpaired) electrons. The van der Waals surface area contributed by atoms with Crippen LogP contribution in [0.15, 0.2) is 41.3 Å². The Labute approximate surface area is 171 Å². The van der Waals surface area contributed by atoms with E-state index in [9.17, 15) is 35.5 Å². The summed E-state index contributed by atoms with van der Waals surface area (Å²) in [4.78, 5) is 12.2. The molecule has 0 unspecified atom stereocenters. The van der Waals surface area contributed by atoms with E-state index in [0.717, 1.165) is 6.07 Å². The summed E-state index contributed by atoms with van der Waals surface area (Å²) in [5.41, 5.74) is 0.301. The Hall–Kier alpha value is -2.43. The van der Waals surface area contributed by atoms with Crippen LogP contribution >= 0.6 is 11.8 Å². The zero-order chi connectivity index (χ0) is 22.5. The number of carbonyl (C=O) groups excluding carboxylic acids is 1. The number of halogens is 7. The molecule has 0 heterocycles. The SMILES string of the molecule is Cc1cc(F)c(NCc2ccccc2C(=O)OCC(F)(F)F)cc1SCC(F)(F)F. The van der Waals surface area contributed by atoms with Gasteiger partial charge in [0.25, 0.3) is 0 Å². The molecule has 2 rings (SSSR count). The number of aryl methyl sites for hydroxylation is 1. The summed E-state index contributed by atoms with van der Waals surface area (Å²) < 4.78 is 92.6. The normalized spacial score (nSPS) is 12.0. The van der Waals surface area contributed by atoms with Crippen LogP contribution in [0, 0.1) is 12.7 Å². The number of carbonyl (C=O) groups is 1. The van der Waals surface area contributed by atoms with Gasteiger partial charge in [-0.15, -0.1) is 11.8 Å². The Balaban J connectivity index is 2.15. The molecule has 1 N–H and O–H groups in total. The molecule has 0 saturated heterocycles. The predicted octanol–water partition coefficient (Wildman–Crippen LogP) is 6.12. The number of ether oxygens (including phenoxy) is 1. The Kier molecular flexibility index (Phi) is 7.62. The third-order valence-electron chi connectivity index (χ3n) is 3.73. The van der Waals surface area contributed by atoms with Gasteiger partial charge in [0.2, 0.25) is 0 Å². The van der Waals surface area contributed by atoms with Crippen LogP contribution in [0.1, 0.15) is 21.5 Å². The fourth-order valence-electron chi connectivity index (χ4n) is 2.39. The largest absolute Gasteiger partial charge is 0.452 e. The topological polar surface area (TPSA) is 38.3 Å². The molecule has 0 amide bonds. The van der Waals surface area contributed by atoms with Crippen molar-refractivity contribution in [2.24, 2.45) is 0 Å². The number of rotatable bonds is 7. The van der Waals surface area contributed by atoms with Crippen molar-refractivity contribution in [3.63, 3.8) is 0 Å². The third-order valence-corrected chi connectivity index (χ3v) is 4.95. The summed E-state index contributed by atoms with van der Waals surface area (Å²) >= 11 is 0.503. The molecule has 0 atom stereocenters. The zero-order valence-electron chi connectivity index (χ0n) is 15.5. The molecule has 0 bridgehead atoms. The summed E-state index contributed by atoms with van der Waals surface area (Å²) in [6, 6.07) is 7.92. The van der Waals surface area contributed by atoms with Gasteiger partial charge in [0.05, 0.1) is 17.0 Å². The number of alkyl halides is 6. The molecule has 2 aromatic carbocycles. The zero-order valence-corrected chi connectivity index (χ0v) is 16.3. The van der Waals surface area contributed by atoms with Gasteiger partial charge in [-0.1, -0.05) is 18.2 Å². The van der Waals surface area contributed by atoms with Crippen LogP contribution in [-0.2, 0) is 11.3 Å². The summed E-state index contributed by atoms with van der Waals surface area (Å²) in [7, 11) is 0. The number of esters is 1. The number of hydrogen-bond donors (Lipinski definition) is 1. The van der Waals surface area contributed by atoms with Crippen molar-refractivity contribution in [2.45, 2.75) is 30.7 Å². The van der Waals surface area contributed by atoms with E-state index >= 15 is 0 Å². The maximum absolute atomic E-state index is 14.2. The van der Waals surface area contributed by atoms with Crippen molar-refractivity contribution in [3.8, 4) is 0 Å². The number of benzene rings is 2. The fraction of sp³-hybridized carbons (Fsp3) is 0.316. The minimum absolute atomic E-state index is 0.108. The molecule has 11 heteroatoms. The van der Waals surface area contributed by atoms with Gasteiger partial charge in [0.15, 0.2) is 6.61 Å². The van der Waals surface area contributed by atoms with Crippen molar-refractivity contribution in [1.82, 2.24) is 0 Å². The van der Waals surface area contributed by atoms with Crippen LogP contribution in [0.5, 0.6) is 0 Å². The lowest BCUT2D eigenvalue weighted by Crippen LogP contribution is -2.21. The second kappa shape index (κ2) is 9.59. The number of anilines is 1. The second-order valence-corrected chi connectivity index (χ2v) is 7.22. The monoisotopic (exact) mass is 455 g/mol. The minimum atomic E-state index is -4.68. The van der Waals surface area contributed by atoms with Crippen molar-refractivity contribution < 1.29 is 40.3 Å². The van der Waals surface area contributed by atoms with Crippen LogP contribution in [0.2, 0.25) is 0 Å². The second-order valence-electron chi connectivity index (χ2n) is 6.20. The van der Waals surface area contributed by atoms with Gasteiger partial charge in [-0.05, 0) is 36.2 Å². The Morgan fingerprint density at radius 1 is 1.07 bits per heavy atom. The number of thioether (sulfide) groups is 1. The van der Waals surface area contributed by atoms with E-state index in [2.05, 4.69) is 10.1 Å². The van der Waals surface area contributed by atoms with E-state index in [1.54, 1.807) is 0 Å². The molecule has 0 spiro atoms. The van der Waals surface area contributed by atoms with E-state index < -0.39 is 36.5 Å². The van der Waals surface area contributed by atoms with Gasteiger partial charge in [0, 0.05) is 11.4 Å². The van der Waals surface area contributed by atoms with Gasteiger partial charge in [0.1, 0.15) is 5.82 Å². The smallest absolute Gasteiger partial charge is 0.422 e. The molecule has 0 aromatic heterocycles. The van der Waals surface area contributed by atoms with E-state index in [4.69, 9.17) is 0 Å². The highest BCUT2D eigenvalue weighted by Crippen LogP contribution is 2.32. The Bertz CT molecular complexity index is 897. The lowest BCUT2D eigenvalue weighted by molar-refractivity contribution is -0.161. The molecule has 3 nitrogen and oxygen atoms in total. The molecular formula is C19H16F7NO2S. The molecule has 0 saturated carbocycles. The van der Waals surface area contributed by atoms with Crippen molar-refractivity contribution >= 4 is 23.4 Å². The van der Waals surface area contributed by atoms with E-state index in [1.165, 1.54) is 37.3 Å². The highest BCUT2D eigenvalue weighted by Gasteiger charge is 2.30. The molecule has 164 valence electrons. The first kappa shape index (κ1) is 23.8. The lowest BCUT2D eigenvalue weighted by Gasteiger charge is -2.15. The minimum Gasteiger partial charge on any atom is -0.452 e. The summed E-state index contributed by atoms with van der Waals surface area (Å²) in [5, 5.41) is 2.66. The highest BCUT2D eigenvalue weighted by molar-refractivity contribution is 7.99. The Morgan fingerprint density at radius 3 is 2.37 bits per heavy atom. The third kappa shape index (κ3) is 7.43. The number of nitrogens with one attached hydrogen (secondary N) is 1. The molecule has 0 aliphatic carbocycles. The maximum atomic E-state index is 14.2.